The predicted octanol–water partition coefficient (Wildman–Crippen LogP) is 2.51. The molecule has 0 unspecified atom stereocenters. The van der Waals surface area contributed by atoms with E-state index in [-0.39, 0.29) is 17.9 Å². The molecule has 1 aliphatic carbocycles. The number of esters is 1. The first-order chi connectivity index (χ1) is 11.7. The molecule has 0 aliphatic heterocycles. The number of nitrogens with zero attached hydrogens (tertiary/aromatic N) is 3. The minimum atomic E-state index is -0.435. The summed E-state index contributed by atoms with van der Waals surface area (Å²) in [5, 5.41) is 6.87. The van der Waals surface area contributed by atoms with Crippen LogP contribution in [0.3, 0.4) is 0 Å². The summed E-state index contributed by atoms with van der Waals surface area (Å²) >= 11 is 0. The van der Waals surface area contributed by atoms with Gasteiger partial charge in [0.1, 0.15) is 5.60 Å². The van der Waals surface area contributed by atoms with Gasteiger partial charge in [0.15, 0.2) is 0 Å². The molecule has 0 spiro atoms. The van der Waals surface area contributed by atoms with Gasteiger partial charge in [0.05, 0.1) is 6.04 Å². The van der Waals surface area contributed by atoms with E-state index in [9.17, 15) is 9.59 Å². The van der Waals surface area contributed by atoms with Crippen LogP contribution in [-0.4, -0.2) is 39.3 Å². The van der Waals surface area contributed by atoms with Crippen molar-refractivity contribution in [1.82, 2.24) is 15.1 Å². The van der Waals surface area contributed by atoms with Crippen LogP contribution in [0.5, 0.6) is 0 Å². The first kappa shape index (κ1) is 19.1. The van der Waals surface area contributed by atoms with Crippen molar-refractivity contribution in [3.8, 4) is 0 Å². The van der Waals surface area contributed by atoms with Gasteiger partial charge >= 0.3 is 5.97 Å². The van der Waals surface area contributed by atoms with Crippen LogP contribution < -0.4 is 5.32 Å². The minimum absolute atomic E-state index is 0.126. The van der Waals surface area contributed by atoms with E-state index in [1.807, 2.05) is 20.8 Å². The summed E-state index contributed by atoms with van der Waals surface area (Å²) in [5.41, 5.74) is -0.435. The van der Waals surface area contributed by atoms with E-state index in [1.54, 1.807) is 23.1 Å². The fraction of sp³-hybridized carbons (Fsp3) is 0.667. The Labute approximate surface area is 148 Å². The summed E-state index contributed by atoms with van der Waals surface area (Å²) in [5.74, 6) is 0.492. The second-order valence-corrected chi connectivity index (χ2v) is 7.55. The maximum atomic E-state index is 12.0. The number of ether oxygens (including phenoxy) is 1. The van der Waals surface area contributed by atoms with Crippen LogP contribution in [0.15, 0.2) is 23.5 Å². The van der Waals surface area contributed by atoms with Gasteiger partial charge < -0.3 is 4.74 Å². The Bertz CT molecular complexity index is 609. The largest absolute Gasteiger partial charge is 0.460 e. The fourth-order valence-corrected chi connectivity index (χ4v) is 2.97. The number of hydrogen-bond donors (Lipinski definition) is 1. The monoisotopic (exact) mass is 348 g/mol. The van der Waals surface area contributed by atoms with Crippen LogP contribution in [0.25, 0.3) is 0 Å². The molecule has 1 saturated carbocycles. The molecule has 1 aliphatic rings. The third kappa shape index (κ3) is 6.68. The minimum Gasteiger partial charge on any atom is -0.460 e. The van der Waals surface area contributed by atoms with Crippen LogP contribution in [0.4, 0.5) is 0 Å². The van der Waals surface area contributed by atoms with Crippen molar-refractivity contribution in [3.05, 3.63) is 18.5 Å². The molecule has 7 heteroatoms. The summed E-state index contributed by atoms with van der Waals surface area (Å²) in [4.78, 5) is 28.0. The van der Waals surface area contributed by atoms with Gasteiger partial charge in [-0.15, -0.1) is 0 Å². The lowest BCUT2D eigenvalue weighted by atomic mass is 9.84. The van der Waals surface area contributed by atoms with Gasteiger partial charge in [0, 0.05) is 25.7 Å². The number of rotatable bonds is 3. The Morgan fingerprint density at radius 1 is 1.28 bits per heavy atom. The van der Waals surface area contributed by atoms with Crippen molar-refractivity contribution < 1.29 is 14.3 Å². The number of aromatic nitrogens is 2. The zero-order valence-corrected chi connectivity index (χ0v) is 15.5. The first-order valence-corrected chi connectivity index (χ1v) is 8.80. The Kier molecular flexibility index (Phi) is 6.33. The van der Waals surface area contributed by atoms with Crippen molar-refractivity contribution in [2.24, 2.45) is 10.9 Å². The molecule has 1 aromatic heterocycles. The molecule has 0 saturated heterocycles. The smallest absolute Gasteiger partial charge is 0.306 e. The average molecular weight is 348 g/mol. The van der Waals surface area contributed by atoms with Crippen molar-refractivity contribution >= 4 is 17.8 Å². The van der Waals surface area contributed by atoms with Crippen molar-refractivity contribution in [2.45, 2.75) is 71.4 Å². The van der Waals surface area contributed by atoms with Gasteiger partial charge in [-0.25, -0.2) is 9.67 Å². The summed E-state index contributed by atoms with van der Waals surface area (Å²) in [7, 11) is 0. The van der Waals surface area contributed by atoms with Gasteiger partial charge in [-0.1, -0.05) is 0 Å². The number of carbonyl (C=O) groups is 2. The number of aliphatic imine (C=N–C) groups is 1. The van der Waals surface area contributed by atoms with Gasteiger partial charge in [-0.2, -0.15) is 5.10 Å². The Hall–Kier alpha value is -2.18. The maximum absolute atomic E-state index is 12.0. The van der Waals surface area contributed by atoms with Gasteiger partial charge in [-0.3, -0.25) is 14.9 Å². The fourth-order valence-electron chi connectivity index (χ4n) is 2.97. The Morgan fingerprint density at radius 3 is 2.48 bits per heavy atom. The van der Waals surface area contributed by atoms with E-state index in [4.69, 9.17) is 4.74 Å². The van der Waals surface area contributed by atoms with E-state index >= 15 is 0 Å². The van der Waals surface area contributed by atoms with Crippen LogP contribution in [0, 0.1) is 5.92 Å². The molecule has 1 amide bonds. The highest BCUT2D eigenvalue weighted by Gasteiger charge is 2.26. The Morgan fingerprint density at radius 2 is 1.96 bits per heavy atom. The zero-order valence-electron chi connectivity index (χ0n) is 15.5. The summed E-state index contributed by atoms with van der Waals surface area (Å²) in [6.45, 7) is 7.11. The maximum Gasteiger partial charge on any atom is 0.306 e. The second-order valence-electron chi connectivity index (χ2n) is 7.55. The number of hydrogen-bond acceptors (Lipinski definition) is 5. The lowest BCUT2D eigenvalue weighted by Gasteiger charge is -2.27. The van der Waals surface area contributed by atoms with Crippen LogP contribution in [0.1, 0.15) is 59.8 Å². The second kappa shape index (κ2) is 8.27. The molecule has 25 heavy (non-hydrogen) atoms. The number of carbonyl (C=O) groups excluding carboxylic acids is 2. The van der Waals surface area contributed by atoms with E-state index in [1.165, 1.54) is 6.92 Å². The molecule has 1 aromatic rings. The van der Waals surface area contributed by atoms with E-state index in [0.717, 1.165) is 25.7 Å². The molecule has 0 atom stereocenters. The van der Waals surface area contributed by atoms with Crippen molar-refractivity contribution in [3.63, 3.8) is 0 Å². The van der Waals surface area contributed by atoms with Gasteiger partial charge in [0.2, 0.25) is 11.9 Å². The highest BCUT2D eigenvalue weighted by atomic mass is 16.6. The van der Waals surface area contributed by atoms with E-state index in [0.29, 0.717) is 18.3 Å². The van der Waals surface area contributed by atoms with Crippen molar-refractivity contribution in [1.29, 1.82) is 0 Å². The van der Waals surface area contributed by atoms with E-state index in [2.05, 4.69) is 15.4 Å². The molecule has 1 N–H and O–H groups in total. The number of nitrogens with one attached hydrogen (secondary N) is 1. The van der Waals surface area contributed by atoms with E-state index < -0.39 is 5.60 Å². The molecule has 1 fully saturated rings. The average Bonchev–Trinajstić information content (AvgIpc) is 3.00. The topological polar surface area (TPSA) is 85.6 Å². The lowest BCUT2D eigenvalue weighted by Crippen LogP contribution is -2.36. The highest BCUT2D eigenvalue weighted by molar-refractivity contribution is 5.96. The molecule has 0 radical (unpaired) electrons. The SMILES string of the molecule is CC(=O)NC(=NC1CCC(CC(=O)OC(C)(C)C)CC1)n1cccn1. The predicted molar refractivity (Wildman–Crippen MR) is 95.1 cm³/mol. The molecule has 0 aromatic carbocycles. The quantitative estimate of drug-likeness (QED) is 0.517. The third-order valence-corrected chi connectivity index (χ3v) is 4.01. The molecule has 2 rings (SSSR count). The van der Waals surface area contributed by atoms with Crippen LogP contribution in [-0.2, 0) is 14.3 Å². The lowest BCUT2D eigenvalue weighted by molar-refractivity contribution is -0.156. The Balaban J connectivity index is 1.90. The van der Waals surface area contributed by atoms with Crippen molar-refractivity contribution in [2.75, 3.05) is 0 Å². The first-order valence-electron chi connectivity index (χ1n) is 8.80. The summed E-state index contributed by atoms with van der Waals surface area (Å²) in [6.07, 6.45) is 7.50. The molecular weight excluding hydrogens is 320 g/mol. The molecule has 1 heterocycles. The molecule has 7 nitrogen and oxygen atoms in total. The summed E-state index contributed by atoms with van der Waals surface area (Å²) in [6, 6.07) is 1.91. The normalized spacial score (nSPS) is 21.7. The summed E-state index contributed by atoms with van der Waals surface area (Å²) < 4.78 is 6.96. The molecule has 138 valence electrons. The molecular formula is C18H28N4O3. The van der Waals surface area contributed by atoms with Gasteiger partial charge in [-0.05, 0) is 58.4 Å². The number of amides is 1. The zero-order chi connectivity index (χ0) is 18.4. The molecule has 0 bridgehead atoms. The highest BCUT2D eigenvalue weighted by Crippen LogP contribution is 2.29. The van der Waals surface area contributed by atoms with Crippen LogP contribution in [0.2, 0.25) is 0 Å². The third-order valence-electron chi connectivity index (χ3n) is 4.01. The standard InChI is InChI=1S/C18H28N4O3/c1-13(23)20-17(22-11-5-10-19-22)21-15-8-6-14(7-9-15)12-16(24)25-18(2,3)4/h5,10-11,14-15H,6-9,12H2,1-4H3,(H,20,21,23). The van der Waals surface area contributed by atoms with Crippen LogP contribution >= 0.6 is 0 Å². The van der Waals surface area contributed by atoms with Gasteiger partial charge in [0.25, 0.3) is 0 Å².